The molecule has 0 aromatic heterocycles. The van der Waals surface area contributed by atoms with Gasteiger partial charge >= 0.3 is 0 Å². The number of ketones is 6. The van der Waals surface area contributed by atoms with Crippen LogP contribution in [0.25, 0.3) is 0 Å². The van der Waals surface area contributed by atoms with E-state index in [2.05, 4.69) is 148 Å². The second kappa shape index (κ2) is 37.3. The van der Waals surface area contributed by atoms with E-state index in [9.17, 15) is 49.2 Å². The fraction of sp³-hybridized carbons (Fsp3) is 0.804. The quantitative estimate of drug-likeness (QED) is 0.0536. The molecule has 10 nitrogen and oxygen atoms in total. The van der Waals surface area contributed by atoms with Gasteiger partial charge in [-0.3, -0.25) is 28.8 Å². The molecule has 12 fully saturated rings. The van der Waals surface area contributed by atoms with Gasteiger partial charge in [0.15, 0.2) is 0 Å². The molecule has 16 aliphatic rings. The number of aliphatic hydroxyl groups excluding tert-OH is 4. The standard InChI is InChI=1S/2C28H42O3.2C28H44O2/c2*1-17(19(3)29)7-6-8-18(2)26-25(31)16-24-22-10-9-20-15-21(30)11-13-27(20,4)23(22)12-14-28(24,26)5;2*1-18(20(3)29)7-6-8-19(2)24-11-12-25-23-10-9-21-17-22(30)13-15-27(21,4)26(23)14-16-28(24,25)5/h2*9,17-18,22-24,26,29H,3,6-8,10-16H2,1-2,4-5H3;2*10,18-19,21,24-26,29H,3,6-9,11-17H2,1-2,4-5H3/t17-,18?,22?,23?,24?,26+,27+,28+;17-,18?,22?,23?,24?,26-,27-,28-;18-,19?,21?,24+,25?,26?,27-,28+;18-,19?,21?,24-,25?,26?,27+,28-/m1001/s1. The number of allylic oxidation sites excluding steroid dienone is 12. The van der Waals surface area contributed by atoms with Crippen molar-refractivity contribution in [3.8, 4) is 0 Å². The maximum absolute atomic E-state index is 13.4. The molecule has 10 heteroatoms. The predicted molar refractivity (Wildman–Crippen MR) is 497 cm³/mol. The third kappa shape index (κ3) is 17.9. The molecule has 680 valence electrons. The fourth-order valence-corrected chi connectivity index (χ4v) is 33.5. The first-order valence-electron chi connectivity index (χ1n) is 50.9. The molecule has 122 heavy (non-hydrogen) atoms. The summed E-state index contributed by atoms with van der Waals surface area (Å²) in [6, 6.07) is 0. The monoisotopic (exact) mass is 1680 g/mol. The van der Waals surface area contributed by atoms with Gasteiger partial charge < -0.3 is 20.4 Å². The van der Waals surface area contributed by atoms with Crippen LogP contribution >= 0.6 is 0 Å². The van der Waals surface area contributed by atoms with Gasteiger partial charge in [-0.1, -0.05) is 222 Å². The Bertz CT molecular complexity index is 3790. The van der Waals surface area contributed by atoms with E-state index < -0.39 is 0 Å². The van der Waals surface area contributed by atoms with E-state index in [-0.39, 0.29) is 68.7 Å². The average Bonchev–Trinajstić information content (AvgIpc) is 1.49. The Morgan fingerprint density at radius 3 is 0.984 bits per heavy atom. The summed E-state index contributed by atoms with van der Waals surface area (Å²) in [7, 11) is 0. The van der Waals surface area contributed by atoms with Crippen molar-refractivity contribution in [2.45, 2.75) is 380 Å². The van der Waals surface area contributed by atoms with Crippen LogP contribution in [0.5, 0.6) is 0 Å². The van der Waals surface area contributed by atoms with Crippen molar-refractivity contribution in [1.29, 1.82) is 0 Å². The molecule has 4 N–H and O–H groups in total. The van der Waals surface area contributed by atoms with Crippen LogP contribution in [0.1, 0.15) is 380 Å². The number of aliphatic hydroxyl groups is 4. The molecular formula is C112H172O10. The molecule has 0 spiro atoms. The van der Waals surface area contributed by atoms with Crippen LogP contribution in [0.2, 0.25) is 0 Å². The van der Waals surface area contributed by atoms with Crippen LogP contribution < -0.4 is 0 Å². The zero-order valence-corrected chi connectivity index (χ0v) is 79.9. The van der Waals surface area contributed by atoms with Crippen molar-refractivity contribution < 1.29 is 49.2 Å². The topological polar surface area (TPSA) is 183 Å². The van der Waals surface area contributed by atoms with E-state index >= 15 is 0 Å². The largest absolute Gasteiger partial charge is 0.513 e. The number of fused-ring (bicyclic) bond motifs is 20. The SMILES string of the molecule is C=C(O)[C@@H](C)CCCC(C)[C@H]1C(=O)CC2C3CC=C4CC(=O)CC[C@]4(C)C3CC[C@@]21C.C=C(O)[C@@H](C)CCCC(C)[C@H]1CCC2C3=CCC4CC(=O)CC[C@]4(C)C3CC[C@@]21C.C=C(O)[C@H](C)CCCC(C)[C@H]1C(=O)CC2C3CC=C4CC(=O)CC[C@]4(C)C3CC[C@@]21C.C=C(O)[C@H](C)CCCC(C)[C@H]1CCC2C3=CCC4CC(=O)CC[C@]4(C)C3CC[C@@]21C. The molecule has 0 aromatic rings. The molecule has 12 saturated carbocycles. The average molecular weight is 1680 g/mol. The summed E-state index contributed by atoms with van der Waals surface area (Å²) >= 11 is 0. The number of rotatable bonds is 24. The van der Waals surface area contributed by atoms with Gasteiger partial charge in [-0.2, -0.15) is 0 Å². The van der Waals surface area contributed by atoms with Gasteiger partial charge in [0, 0.05) is 99.7 Å². The van der Waals surface area contributed by atoms with Gasteiger partial charge in [0.25, 0.3) is 0 Å². The van der Waals surface area contributed by atoms with Crippen LogP contribution in [-0.4, -0.2) is 55.1 Å². The van der Waals surface area contributed by atoms with Gasteiger partial charge in [-0.25, -0.2) is 0 Å². The lowest BCUT2D eigenvalue weighted by Crippen LogP contribution is -2.50. The van der Waals surface area contributed by atoms with Crippen molar-refractivity contribution in [2.75, 3.05) is 0 Å². The molecule has 16 aliphatic carbocycles. The Morgan fingerprint density at radius 2 is 0.648 bits per heavy atom. The van der Waals surface area contributed by atoms with Crippen molar-refractivity contribution >= 4 is 34.7 Å². The number of carbonyl (C=O) groups excluding carboxylic acids is 6. The third-order valence-corrected chi connectivity index (χ3v) is 41.6. The van der Waals surface area contributed by atoms with Crippen LogP contribution in [0, 0.1) is 185 Å². The normalized spacial score (nSPS) is 42.1. The molecule has 0 saturated heterocycles. The maximum Gasteiger partial charge on any atom is 0.137 e. The summed E-state index contributed by atoms with van der Waals surface area (Å²) in [5.41, 5.74) is 8.66. The van der Waals surface area contributed by atoms with Crippen molar-refractivity contribution in [3.05, 3.63) is 95.9 Å². The summed E-state index contributed by atoms with van der Waals surface area (Å²) in [6.07, 6.45) is 55.0. The minimum Gasteiger partial charge on any atom is -0.513 e. The Hall–Kier alpha value is -4.86. The number of hydrogen-bond acceptors (Lipinski definition) is 10. The van der Waals surface area contributed by atoms with E-state index in [1.165, 1.54) is 101 Å². The van der Waals surface area contributed by atoms with E-state index in [1.807, 2.05) is 13.8 Å². The van der Waals surface area contributed by atoms with E-state index in [0.717, 1.165) is 214 Å². The van der Waals surface area contributed by atoms with Crippen molar-refractivity contribution in [1.82, 2.24) is 0 Å². The van der Waals surface area contributed by atoms with Crippen molar-refractivity contribution in [2.24, 2.45) is 185 Å². The molecule has 16 unspecified atom stereocenters. The minimum absolute atomic E-state index is 0.121. The zero-order chi connectivity index (χ0) is 88.5. The highest BCUT2D eigenvalue weighted by Crippen LogP contribution is 2.72. The summed E-state index contributed by atoms with van der Waals surface area (Å²) < 4.78 is 0. The minimum atomic E-state index is 0.121. The summed E-state index contributed by atoms with van der Waals surface area (Å²) in [6.45, 7) is 52.4. The highest BCUT2D eigenvalue weighted by atomic mass is 16.3. The fourth-order valence-electron chi connectivity index (χ4n) is 33.5. The Labute approximate surface area is 741 Å². The zero-order valence-electron chi connectivity index (χ0n) is 79.9. The molecule has 0 aromatic carbocycles. The molecule has 16 rings (SSSR count). The van der Waals surface area contributed by atoms with Crippen LogP contribution in [0.4, 0.5) is 0 Å². The summed E-state index contributed by atoms with van der Waals surface area (Å²) in [4.78, 5) is 75.1. The van der Waals surface area contributed by atoms with Crippen LogP contribution in [-0.2, 0) is 28.8 Å². The number of hydrogen-bond donors (Lipinski definition) is 4. The molecule has 0 bridgehead atoms. The molecule has 0 amide bonds. The Kier molecular flexibility index (Phi) is 29.0. The molecule has 0 radical (unpaired) electrons. The molecule has 0 aliphatic heterocycles. The van der Waals surface area contributed by atoms with Gasteiger partial charge in [0.1, 0.15) is 34.7 Å². The highest BCUT2D eigenvalue weighted by Gasteiger charge is 2.66. The molecule has 32 atom stereocenters. The smallest absolute Gasteiger partial charge is 0.137 e. The Morgan fingerprint density at radius 1 is 0.336 bits per heavy atom. The molecule has 0 heterocycles. The van der Waals surface area contributed by atoms with Gasteiger partial charge in [0.2, 0.25) is 0 Å². The van der Waals surface area contributed by atoms with Gasteiger partial charge in [-0.05, 0) is 317 Å². The first-order valence-corrected chi connectivity index (χ1v) is 50.9. The second-order valence-corrected chi connectivity index (χ2v) is 48.0. The summed E-state index contributed by atoms with van der Waals surface area (Å²) in [5, 5.41) is 38.4. The van der Waals surface area contributed by atoms with E-state index in [1.54, 1.807) is 11.1 Å². The van der Waals surface area contributed by atoms with Crippen LogP contribution in [0.15, 0.2) is 95.9 Å². The third-order valence-electron chi connectivity index (χ3n) is 41.6. The lowest BCUT2D eigenvalue weighted by atomic mass is 9.47. The first kappa shape index (κ1) is 94.7. The summed E-state index contributed by atoms with van der Waals surface area (Å²) in [5.74, 6) is 16.8. The molecular weight excluding hydrogens is 1510 g/mol. The maximum atomic E-state index is 13.4. The predicted octanol–water partition coefficient (Wildman–Crippen LogP) is 29.0. The first-order chi connectivity index (χ1) is 57.5. The van der Waals surface area contributed by atoms with E-state index in [4.69, 9.17) is 0 Å². The van der Waals surface area contributed by atoms with Gasteiger partial charge in [0.05, 0.1) is 23.0 Å². The van der Waals surface area contributed by atoms with Crippen molar-refractivity contribution in [3.63, 3.8) is 0 Å². The number of carbonyl (C=O) groups is 6. The Balaban J connectivity index is 0.000000140. The second-order valence-electron chi connectivity index (χ2n) is 48.0. The lowest BCUT2D eigenvalue weighted by Gasteiger charge is -2.57. The van der Waals surface area contributed by atoms with E-state index in [0.29, 0.717) is 140 Å². The van der Waals surface area contributed by atoms with Crippen LogP contribution in [0.3, 0.4) is 0 Å². The number of Topliss-reactive ketones (excluding diaryl/α,β-unsaturated/α-hetero) is 6. The van der Waals surface area contributed by atoms with Gasteiger partial charge in [-0.15, -0.1) is 0 Å². The highest BCUT2D eigenvalue weighted by molar-refractivity contribution is 5.87. The lowest BCUT2D eigenvalue weighted by molar-refractivity contribution is -0.127.